The number of likely N-dealkylation sites (tertiary alicyclic amines) is 1. The van der Waals surface area contributed by atoms with Gasteiger partial charge in [0.2, 0.25) is 0 Å². The van der Waals surface area contributed by atoms with E-state index in [2.05, 4.69) is 10.2 Å². The maximum absolute atomic E-state index is 5.55. The molecule has 5 heteroatoms. The highest BCUT2D eigenvalue weighted by molar-refractivity contribution is 5.50. The molecule has 134 valence electrons. The Labute approximate surface area is 145 Å². The lowest BCUT2D eigenvalue weighted by atomic mass is 10.0. The normalized spacial score (nSPS) is 19.3. The fraction of sp³-hybridized carbons (Fsp3) is 0.684. The van der Waals surface area contributed by atoms with Gasteiger partial charge < -0.3 is 19.5 Å². The quantitative estimate of drug-likeness (QED) is 0.792. The zero-order valence-electron chi connectivity index (χ0n) is 15.1. The van der Waals surface area contributed by atoms with Crippen molar-refractivity contribution < 1.29 is 14.2 Å². The van der Waals surface area contributed by atoms with Gasteiger partial charge in [-0.15, -0.1) is 0 Å². The van der Waals surface area contributed by atoms with Crippen molar-refractivity contribution in [3.05, 3.63) is 17.7 Å². The molecule has 0 radical (unpaired) electrons. The summed E-state index contributed by atoms with van der Waals surface area (Å²) in [4.78, 5) is 2.50. The second kappa shape index (κ2) is 8.08. The Morgan fingerprint density at radius 3 is 2.12 bits per heavy atom. The molecule has 0 amide bonds. The van der Waals surface area contributed by atoms with Gasteiger partial charge in [-0.05, 0) is 57.3 Å². The Hall–Kier alpha value is -1.46. The lowest BCUT2D eigenvalue weighted by Crippen LogP contribution is -2.42. The van der Waals surface area contributed by atoms with Crippen LogP contribution in [0.4, 0.5) is 0 Å². The van der Waals surface area contributed by atoms with E-state index in [0.717, 1.165) is 42.6 Å². The van der Waals surface area contributed by atoms with Crippen LogP contribution < -0.4 is 19.5 Å². The Morgan fingerprint density at radius 1 is 0.917 bits per heavy atom. The largest absolute Gasteiger partial charge is 0.496 e. The number of nitrogens with one attached hydrogen (secondary N) is 1. The molecule has 1 aliphatic heterocycles. The fourth-order valence-electron chi connectivity index (χ4n) is 3.41. The molecule has 2 aliphatic rings. The summed E-state index contributed by atoms with van der Waals surface area (Å²) in [5.41, 5.74) is 1.15. The minimum Gasteiger partial charge on any atom is -0.496 e. The average molecular weight is 334 g/mol. The lowest BCUT2D eigenvalue weighted by molar-refractivity contribution is 0.188. The number of methoxy groups -OCH3 is 3. The number of ether oxygens (including phenoxy) is 3. The number of benzene rings is 1. The summed E-state index contributed by atoms with van der Waals surface area (Å²) >= 11 is 0. The number of hydrogen-bond acceptors (Lipinski definition) is 5. The Kier molecular flexibility index (Phi) is 5.85. The summed E-state index contributed by atoms with van der Waals surface area (Å²) in [7, 11) is 5.03. The van der Waals surface area contributed by atoms with Crippen LogP contribution >= 0.6 is 0 Å². The first kappa shape index (κ1) is 17.4. The van der Waals surface area contributed by atoms with Crippen molar-refractivity contribution in [1.82, 2.24) is 10.2 Å². The molecule has 1 saturated carbocycles. The summed E-state index contributed by atoms with van der Waals surface area (Å²) < 4.78 is 16.3. The van der Waals surface area contributed by atoms with E-state index in [1.165, 1.54) is 32.2 Å². The second-order valence-corrected chi connectivity index (χ2v) is 6.92. The summed E-state index contributed by atoms with van der Waals surface area (Å²) in [5.74, 6) is 3.29. The van der Waals surface area contributed by atoms with E-state index < -0.39 is 0 Å². The molecular weight excluding hydrogens is 304 g/mol. The van der Waals surface area contributed by atoms with E-state index in [-0.39, 0.29) is 0 Å². The predicted octanol–water partition coefficient (Wildman–Crippen LogP) is 2.68. The van der Waals surface area contributed by atoms with Gasteiger partial charge in [0.15, 0.2) is 11.5 Å². The molecule has 3 rings (SSSR count). The Morgan fingerprint density at radius 2 is 1.54 bits per heavy atom. The van der Waals surface area contributed by atoms with E-state index in [0.29, 0.717) is 11.8 Å². The van der Waals surface area contributed by atoms with Crippen molar-refractivity contribution in [3.8, 4) is 17.2 Å². The highest BCUT2D eigenvalue weighted by atomic mass is 16.5. The zero-order valence-corrected chi connectivity index (χ0v) is 15.1. The molecule has 1 aliphatic carbocycles. The summed E-state index contributed by atoms with van der Waals surface area (Å²) in [5, 5.41) is 3.74. The molecule has 1 N–H and O–H groups in total. The molecule has 0 spiro atoms. The molecule has 1 aromatic rings. The highest BCUT2D eigenvalue weighted by Gasteiger charge is 2.25. The fourth-order valence-corrected chi connectivity index (χ4v) is 3.41. The second-order valence-electron chi connectivity index (χ2n) is 6.92. The number of hydrogen-bond donors (Lipinski definition) is 1. The van der Waals surface area contributed by atoms with Gasteiger partial charge in [0.05, 0.1) is 21.3 Å². The van der Waals surface area contributed by atoms with E-state index in [1.54, 1.807) is 21.3 Å². The van der Waals surface area contributed by atoms with Crippen molar-refractivity contribution >= 4 is 0 Å². The van der Waals surface area contributed by atoms with Gasteiger partial charge in [-0.3, -0.25) is 4.90 Å². The van der Waals surface area contributed by atoms with Gasteiger partial charge in [0.1, 0.15) is 5.75 Å². The van der Waals surface area contributed by atoms with Crippen LogP contribution in [0.3, 0.4) is 0 Å². The highest BCUT2D eigenvalue weighted by Crippen LogP contribution is 2.35. The van der Waals surface area contributed by atoms with Crippen molar-refractivity contribution in [3.63, 3.8) is 0 Å². The Bertz CT molecular complexity index is 538. The maximum atomic E-state index is 5.55. The van der Waals surface area contributed by atoms with E-state index in [9.17, 15) is 0 Å². The van der Waals surface area contributed by atoms with Crippen LogP contribution in [0.15, 0.2) is 12.1 Å². The van der Waals surface area contributed by atoms with Crippen LogP contribution in [0.25, 0.3) is 0 Å². The molecule has 5 nitrogen and oxygen atoms in total. The molecule has 2 fully saturated rings. The van der Waals surface area contributed by atoms with Crippen LogP contribution in [0, 0.1) is 5.92 Å². The van der Waals surface area contributed by atoms with Crippen molar-refractivity contribution in [1.29, 1.82) is 0 Å². The van der Waals surface area contributed by atoms with E-state index in [1.807, 2.05) is 12.1 Å². The Balaban J connectivity index is 1.57. The smallest absolute Gasteiger partial charge is 0.164 e. The third-order valence-corrected chi connectivity index (χ3v) is 5.16. The molecule has 0 atom stereocenters. The van der Waals surface area contributed by atoms with Crippen molar-refractivity contribution in [2.75, 3.05) is 41.0 Å². The van der Waals surface area contributed by atoms with Crippen molar-refractivity contribution in [2.24, 2.45) is 5.92 Å². The monoisotopic (exact) mass is 334 g/mol. The number of nitrogens with zero attached hydrogens (tertiary/aromatic N) is 1. The average Bonchev–Trinajstić information content (AvgIpc) is 3.45. The van der Waals surface area contributed by atoms with Crippen molar-refractivity contribution in [2.45, 2.75) is 38.3 Å². The molecule has 24 heavy (non-hydrogen) atoms. The van der Waals surface area contributed by atoms with E-state index >= 15 is 0 Å². The number of rotatable bonds is 8. The van der Waals surface area contributed by atoms with Gasteiger partial charge in [0.25, 0.3) is 0 Å². The maximum Gasteiger partial charge on any atom is 0.164 e. The first-order chi connectivity index (χ1) is 11.7. The van der Waals surface area contributed by atoms with Crippen LogP contribution in [0.2, 0.25) is 0 Å². The van der Waals surface area contributed by atoms with Gasteiger partial charge in [0, 0.05) is 24.2 Å². The van der Waals surface area contributed by atoms with Crippen LogP contribution in [0.5, 0.6) is 17.2 Å². The van der Waals surface area contributed by atoms with Crippen LogP contribution in [-0.2, 0) is 6.54 Å². The molecule has 1 heterocycles. The summed E-state index contributed by atoms with van der Waals surface area (Å²) in [6.07, 6.45) is 5.29. The molecule has 0 unspecified atom stereocenters. The summed E-state index contributed by atoms with van der Waals surface area (Å²) in [6, 6.07) is 4.64. The minimum atomic E-state index is 0.689. The first-order valence-electron chi connectivity index (χ1n) is 8.98. The summed E-state index contributed by atoms with van der Waals surface area (Å²) in [6.45, 7) is 4.35. The molecule has 0 bridgehead atoms. The van der Waals surface area contributed by atoms with Gasteiger partial charge in [-0.1, -0.05) is 0 Å². The molecule has 1 saturated heterocycles. The zero-order chi connectivity index (χ0) is 16.9. The molecular formula is C19H30N2O3. The standard InChI is InChI=1S/C19H30N2O3/c1-22-17-11-19(24-3)18(23-2)10-15(17)13-21-8-6-16(7-9-21)20-12-14-4-5-14/h10-11,14,16,20H,4-9,12-13H2,1-3H3. The van der Waals surface area contributed by atoms with Gasteiger partial charge in [-0.25, -0.2) is 0 Å². The third-order valence-electron chi connectivity index (χ3n) is 5.16. The first-order valence-corrected chi connectivity index (χ1v) is 8.98. The number of piperidine rings is 1. The lowest BCUT2D eigenvalue weighted by Gasteiger charge is -2.33. The van der Waals surface area contributed by atoms with Gasteiger partial charge in [-0.2, -0.15) is 0 Å². The minimum absolute atomic E-state index is 0.689. The molecule has 1 aromatic carbocycles. The van der Waals surface area contributed by atoms with E-state index in [4.69, 9.17) is 14.2 Å². The molecule has 0 aromatic heterocycles. The van der Waals surface area contributed by atoms with Crippen LogP contribution in [0.1, 0.15) is 31.2 Å². The van der Waals surface area contributed by atoms with Crippen LogP contribution in [-0.4, -0.2) is 51.9 Å². The topological polar surface area (TPSA) is 43.0 Å². The van der Waals surface area contributed by atoms with Gasteiger partial charge >= 0.3 is 0 Å². The predicted molar refractivity (Wildman–Crippen MR) is 95.1 cm³/mol. The SMILES string of the molecule is COc1cc(OC)c(OC)cc1CN1CCC(NCC2CC2)CC1. The third kappa shape index (κ3) is 4.33.